The fourth-order valence-corrected chi connectivity index (χ4v) is 2.94. The van der Waals surface area contributed by atoms with Crippen molar-refractivity contribution in [3.8, 4) is 22.8 Å². The van der Waals surface area contributed by atoms with Gasteiger partial charge in [-0.2, -0.15) is 0 Å². The van der Waals surface area contributed by atoms with Crippen molar-refractivity contribution in [2.24, 2.45) is 5.73 Å². The molecule has 124 valence electrons. The summed E-state index contributed by atoms with van der Waals surface area (Å²) in [5.74, 6) is 1.46. The first-order valence-corrected chi connectivity index (χ1v) is 7.93. The van der Waals surface area contributed by atoms with Crippen molar-refractivity contribution in [1.29, 1.82) is 0 Å². The van der Waals surface area contributed by atoms with Gasteiger partial charge < -0.3 is 19.6 Å². The molecule has 0 aliphatic heterocycles. The summed E-state index contributed by atoms with van der Waals surface area (Å²) < 4.78 is 12.9. The first-order chi connectivity index (χ1) is 11.5. The zero-order valence-electron chi connectivity index (χ0n) is 13.9. The SMILES string of the molecule is COc1ccc(OC)c(-c2nc3c(C)cccn3c2CC(N)=S)c1. The largest absolute Gasteiger partial charge is 0.497 e. The Balaban J connectivity index is 2.33. The molecule has 0 fully saturated rings. The lowest BCUT2D eigenvalue weighted by molar-refractivity contribution is 0.404. The van der Waals surface area contributed by atoms with Gasteiger partial charge in [0.25, 0.3) is 0 Å². The number of nitrogens with two attached hydrogens (primary N) is 1. The molecular weight excluding hydrogens is 322 g/mol. The molecule has 0 atom stereocenters. The van der Waals surface area contributed by atoms with Crippen LogP contribution in [0, 0.1) is 6.92 Å². The quantitative estimate of drug-likeness (QED) is 0.722. The topological polar surface area (TPSA) is 61.8 Å². The summed E-state index contributed by atoms with van der Waals surface area (Å²) in [5.41, 5.74) is 10.4. The summed E-state index contributed by atoms with van der Waals surface area (Å²) in [6, 6.07) is 9.66. The van der Waals surface area contributed by atoms with Gasteiger partial charge in [-0.05, 0) is 36.8 Å². The van der Waals surface area contributed by atoms with Gasteiger partial charge in [-0.25, -0.2) is 4.98 Å². The number of hydrogen-bond donors (Lipinski definition) is 1. The Morgan fingerprint density at radius 3 is 2.71 bits per heavy atom. The van der Waals surface area contributed by atoms with E-state index in [9.17, 15) is 0 Å². The van der Waals surface area contributed by atoms with Gasteiger partial charge in [0.15, 0.2) is 0 Å². The van der Waals surface area contributed by atoms with E-state index < -0.39 is 0 Å². The predicted molar refractivity (Wildman–Crippen MR) is 99.0 cm³/mol. The van der Waals surface area contributed by atoms with Crippen LogP contribution in [0.25, 0.3) is 16.9 Å². The molecule has 2 N–H and O–H groups in total. The van der Waals surface area contributed by atoms with Gasteiger partial charge in [0.2, 0.25) is 0 Å². The van der Waals surface area contributed by atoms with Crippen LogP contribution in [0.4, 0.5) is 0 Å². The van der Waals surface area contributed by atoms with E-state index in [1.165, 1.54) is 0 Å². The highest BCUT2D eigenvalue weighted by Gasteiger charge is 2.19. The number of thiocarbonyl (C=S) groups is 1. The summed E-state index contributed by atoms with van der Waals surface area (Å²) >= 11 is 5.14. The van der Waals surface area contributed by atoms with Gasteiger partial charge in [0.1, 0.15) is 17.1 Å². The normalized spacial score (nSPS) is 10.8. The number of pyridine rings is 1. The van der Waals surface area contributed by atoms with E-state index >= 15 is 0 Å². The van der Waals surface area contributed by atoms with Crippen molar-refractivity contribution in [2.45, 2.75) is 13.3 Å². The second-order valence-corrected chi connectivity index (χ2v) is 6.03. The number of hydrogen-bond acceptors (Lipinski definition) is 4. The second-order valence-electron chi connectivity index (χ2n) is 5.50. The monoisotopic (exact) mass is 341 g/mol. The summed E-state index contributed by atoms with van der Waals surface area (Å²) in [6.07, 6.45) is 2.43. The Kier molecular flexibility index (Phi) is 4.40. The fourth-order valence-electron chi connectivity index (χ4n) is 2.80. The van der Waals surface area contributed by atoms with E-state index in [0.717, 1.165) is 39.7 Å². The van der Waals surface area contributed by atoms with Crippen molar-refractivity contribution in [1.82, 2.24) is 9.38 Å². The third-order valence-electron chi connectivity index (χ3n) is 3.95. The van der Waals surface area contributed by atoms with Crippen molar-refractivity contribution >= 4 is 22.9 Å². The number of rotatable bonds is 5. The molecule has 24 heavy (non-hydrogen) atoms. The van der Waals surface area contributed by atoms with Crippen LogP contribution in [0.2, 0.25) is 0 Å². The van der Waals surface area contributed by atoms with Crippen LogP contribution >= 0.6 is 12.2 Å². The van der Waals surface area contributed by atoms with Crippen molar-refractivity contribution in [2.75, 3.05) is 14.2 Å². The average Bonchev–Trinajstić information content (AvgIpc) is 2.93. The standard InChI is InChI=1S/C18H19N3O2S/c1-11-5-4-8-21-14(10-16(19)24)17(20-18(11)21)13-9-12(22-2)6-7-15(13)23-3/h4-9H,10H2,1-3H3,(H2,19,24). The first-order valence-electron chi connectivity index (χ1n) is 7.52. The number of fused-ring (bicyclic) bond motifs is 1. The minimum absolute atomic E-state index is 0.418. The summed E-state index contributed by atoms with van der Waals surface area (Å²) in [4.78, 5) is 5.25. The molecule has 0 saturated carbocycles. The lowest BCUT2D eigenvalue weighted by Crippen LogP contribution is -2.13. The van der Waals surface area contributed by atoms with Gasteiger partial charge in [0.05, 0.1) is 30.6 Å². The third kappa shape index (κ3) is 2.80. The predicted octanol–water partition coefficient (Wildman–Crippen LogP) is 3.16. The molecule has 0 aliphatic rings. The van der Waals surface area contributed by atoms with E-state index in [2.05, 4.69) is 0 Å². The van der Waals surface area contributed by atoms with Crippen LogP contribution in [0.5, 0.6) is 11.5 Å². The molecule has 2 heterocycles. The number of aromatic nitrogens is 2. The molecule has 3 aromatic rings. The zero-order valence-corrected chi connectivity index (χ0v) is 14.7. The van der Waals surface area contributed by atoms with Gasteiger partial charge in [0, 0.05) is 18.2 Å². The van der Waals surface area contributed by atoms with Crippen LogP contribution < -0.4 is 15.2 Å². The Labute approximate surface area is 146 Å². The van der Waals surface area contributed by atoms with Crippen molar-refractivity contribution in [3.63, 3.8) is 0 Å². The van der Waals surface area contributed by atoms with Crippen LogP contribution in [-0.4, -0.2) is 28.6 Å². The number of ether oxygens (including phenoxy) is 2. The molecular formula is C18H19N3O2S. The maximum atomic E-state index is 5.82. The van der Waals surface area contributed by atoms with Gasteiger partial charge in [-0.1, -0.05) is 18.3 Å². The number of aryl methyl sites for hydroxylation is 1. The van der Waals surface area contributed by atoms with E-state index in [-0.39, 0.29) is 0 Å². The maximum Gasteiger partial charge on any atom is 0.140 e. The Morgan fingerprint density at radius 2 is 2.04 bits per heavy atom. The number of methoxy groups -OCH3 is 2. The minimum atomic E-state index is 0.418. The smallest absolute Gasteiger partial charge is 0.140 e. The number of imidazole rings is 1. The zero-order chi connectivity index (χ0) is 17.3. The molecule has 0 radical (unpaired) electrons. The van der Waals surface area contributed by atoms with Gasteiger partial charge in [-0.3, -0.25) is 0 Å². The van der Waals surface area contributed by atoms with Gasteiger partial charge >= 0.3 is 0 Å². The second kappa shape index (κ2) is 6.49. The molecule has 0 saturated heterocycles. The third-order valence-corrected chi connectivity index (χ3v) is 4.09. The summed E-state index contributed by atoms with van der Waals surface area (Å²) in [5, 5.41) is 0. The van der Waals surface area contributed by atoms with Gasteiger partial charge in [-0.15, -0.1) is 0 Å². The van der Waals surface area contributed by atoms with Crippen molar-refractivity contribution in [3.05, 3.63) is 47.8 Å². The minimum Gasteiger partial charge on any atom is -0.497 e. The van der Waals surface area contributed by atoms with E-state index in [1.807, 2.05) is 47.9 Å². The van der Waals surface area contributed by atoms with Crippen LogP contribution in [0.3, 0.4) is 0 Å². The van der Waals surface area contributed by atoms with E-state index in [0.29, 0.717) is 11.4 Å². The number of nitrogens with zero attached hydrogens (tertiary/aromatic N) is 2. The molecule has 0 spiro atoms. The lowest BCUT2D eigenvalue weighted by Gasteiger charge is -2.10. The van der Waals surface area contributed by atoms with E-state index in [1.54, 1.807) is 14.2 Å². The molecule has 6 heteroatoms. The van der Waals surface area contributed by atoms with E-state index in [4.69, 9.17) is 32.4 Å². The van der Waals surface area contributed by atoms with Crippen LogP contribution in [0.1, 0.15) is 11.3 Å². The number of benzene rings is 1. The van der Waals surface area contributed by atoms with Crippen molar-refractivity contribution < 1.29 is 9.47 Å². The molecule has 0 unspecified atom stereocenters. The molecule has 0 amide bonds. The molecule has 3 rings (SSSR count). The summed E-state index contributed by atoms with van der Waals surface area (Å²) in [6.45, 7) is 2.03. The Bertz CT molecular complexity index is 918. The fraction of sp³-hybridized carbons (Fsp3) is 0.222. The maximum absolute atomic E-state index is 5.82. The van der Waals surface area contributed by atoms with Crippen LogP contribution in [-0.2, 0) is 6.42 Å². The highest BCUT2D eigenvalue weighted by atomic mass is 32.1. The first kappa shape index (κ1) is 16.3. The van der Waals surface area contributed by atoms with Crippen LogP contribution in [0.15, 0.2) is 36.5 Å². The highest BCUT2D eigenvalue weighted by Crippen LogP contribution is 2.35. The molecule has 2 aromatic heterocycles. The molecule has 5 nitrogen and oxygen atoms in total. The highest BCUT2D eigenvalue weighted by molar-refractivity contribution is 7.80. The Morgan fingerprint density at radius 1 is 1.25 bits per heavy atom. The molecule has 0 bridgehead atoms. The Hall–Kier alpha value is -2.60. The summed E-state index contributed by atoms with van der Waals surface area (Å²) in [7, 11) is 3.27. The molecule has 0 aliphatic carbocycles. The lowest BCUT2D eigenvalue weighted by atomic mass is 10.1. The molecule has 1 aromatic carbocycles. The average molecular weight is 341 g/mol.